The molecule has 2 aromatic carbocycles. The van der Waals surface area contributed by atoms with Gasteiger partial charge in [0, 0.05) is 5.92 Å². The highest BCUT2D eigenvalue weighted by molar-refractivity contribution is 5.89. The molecule has 4 nitrogen and oxygen atoms in total. The van der Waals surface area contributed by atoms with E-state index in [1.165, 1.54) is 44.9 Å². The molecule has 4 fully saturated rings. The molecule has 2 aromatic rings. The first kappa shape index (κ1) is 32.3. The van der Waals surface area contributed by atoms with Crippen molar-refractivity contribution < 1.29 is 19.1 Å². The van der Waals surface area contributed by atoms with E-state index in [1.807, 2.05) is 60.7 Å². The second-order valence-corrected chi connectivity index (χ2v) is 16.3. The lowest BCUT2D eigenvalue weighted by Crippen LogP contribution is -2.59. The summed E-state index contributed by atoms with van der Waals surface area (Å²) in [7, 11) is 0. The van der Waals surface area contributed by atoms with Gasteiger partial charge >= 0.3 is 11.9 Å². The summed E-state index contributed by atoms with van der Waals surface area (Å²) >= 11 is 0. The molecule has 0 heterocycles. The van der Waals surface area contributed by atoms with Crippen LogP contribution in [0.2, 0.25) is 0 Å². The smallest absolute Gasteiger partial charge is 0.338 e. The predicted molar refractivity (Wildman–Crippen MR) is 180 cm³/mol. The molecule has 0 N–H and O–H groups in total. The molecule has 4 aliphatic carbocycles. The first-order chi connectivity index (χ1) is 21.6. The van der Waals surface area contributed by atoms with E-state index in [0.29, 0.717) is 34.5 Å². The van der Waals surface area contributed by atoms with Crippen molar-refractivity contribution in [2.75, 3.05) is 0 Å². The number of carbonyl (C=O) groups is 2. The summed E-state index contributed by atoms with van der Waals surface area (Å²) in [6.07, 6.45) is 12.6. The number of hydrogen-bond donors (Lipinski definition) is 0. The van der Waals surface area contributed by atoms with Crippen LogP contribution in [0.25, 0.3) is 0 Å². The maximum atomic E-state index is 13.6. The van der Waals surface area contributed by atoms with E-state index in [2.05, 4.69) is 34.6 Å². The summed E-state index contributed by atoms with van der Waals surface area (Å²) in [5.41, 5.74) is 1.03. The quantitative estimate of drug-likeness (QED) is 0.209. The predicted octanol–water partition coefficient (Wildman–Crippen LogP) is 10.2. The highest BCUT2D eigenvalue weighted by Gasteiger charge is 2.63. The minimum Gasteiger partial charge on any atom is -0.458 e. The highest BCUT2D eigenvalue weighted by atomic mass is 16.5. The van der Waals surface area contributed by atoms with E-state index in [4.69, 9.17) is 9.47 Å². The van der Waals surface area contributed by atoms with Gasteiger partial charge < -0.3 is 9.47 Å². The van der Waals surface area contributed by atoms with Crippen LogP contribution < -0.4 is 4.74 Å². The molecule has 0 bridgehead atoms. The highest BCUT2D eigenvalue weighted by Crippen LogP contribution is 2.69. The van der Waals surface area contributed by atoms with Gasteiger partial charge in [-0.2, -0.15) is 0 Å². The molecule has 4 heteroatoms. The van der Waals surface area contributed by atoms with Crippen LogP contribution in [0.1, 0.15) is 116 Å². The van der Waals surface area contributed by atoms with E-state index in [1.54, 1.807) is 0 Å². The summed E-state index contributed by atoms with van der Waals surface area (Å²) in [5, 5.41) is 0. The van der Waals surface area contributed by atoms with Gasteiger partial charge in [-0.05, 0) is 122 Å². The lowest BCUT2D eigenvalue weighted by molar-refractivity contribution is -0.173. The fraction of sp³-hybridized carbons (Fsp3) is 0.659. The Morgan fingerprint density at radius 3 is 2.16 bits per heavy atom. The molecular weight excluding hydrogens is 556 g/mol. The van der Waals surface area contributed by atoms with Gasteiger partial charge in [0.1, 0.15) is 11.9 Å². The van der Waals surface area contributed by atoms with Crippen molar-refractivity contribution in [2.45, 2.75) is 111 Å². The van der Waals surface area contributed by atoms with E-state index in [-0.39, 0.29) is 35.3 Å². The van der Waals surface area contributed by atoms with Gasteiger partial charge in [0.15, 0.2) is 0 Å². The Balaban J connectivity index is 1.24. The number of para-hydroxylation sites is 1. The molecule has 10 atom stereocenters. The molecule has 0 radical (unpaired) electrons. The number of esters is 2. The molecule has 0 amide bonds. The standard InChI is InChI=1S/C41H56O4/c1-27(2)13-12-14-28(3)33-19-20-34-32-26-37(45-38(42)29-15-8-6-9-16-29)36-25-30(39(43)44-31-17-10-7-11-18-31)21-23-41(36,5)35(32)22-24-40(33,34)4/h6-11,15-18,27-28,30,32-37H,12-14,19-26H2,1-5H3. The summed E-state index contributed by atoms with van der Waals surface area (Å²) in [4.78, 5) is 27.0. The van der Waals surface area contributed by atoms with E-state index >= 15 is 0 Å². The van der Waals surface area contributed by atoms with Gasteiger partial charge in [0.25, 0.3) is 0 Å². The second-order valence-electron chi connectivity index (χ2n) is 16.3. The van der Waals surface area contributed by atoms with Gasteiger partial charge in [-0.15, -0.1) is 0 Å². The van der Waals surface area contributed by atoms with Crippen molar-refractivity contribution in [1.82, 2.24) is 0 Å². The van der Waals surface area contributed by atoms with Gasteiger partial charge in [-0.1, -0.05) is 90.3 Å². The summed E-state index contributed by atoms with van der Waals surface area (Å²) in [6.45, 7) is 12.3. The van der Waals surface area contributed by atoms with Crippen LogP contribution in [0.3, 0.4) is 0 Å². The van der Waals surface area contributed by atoms with Crippen molar-refractivity contribution in [3.05, 3.63) is 66.2 Å². The molecule has 45 heavy (non-hydrogen) atoms. The van der Waals surface area contributed by atoms with Crippen LogP contribution in [-0.2, 0) is 9.53 Å². The van der Waals surface area contributed by atoms with Gasteiger partial charge in [0.2, 0.25) is 0 Å². The number of ether oxygens (including phenoxy) is 2. The Kier molecular flexibility index (Phi) is 9.51. The zero-order chi connectivity index (χ0) is 31.8. The molecular formula is C41H56O4. The topological polar surface area (TPSA) is 52.6 Å². The van der Waals surface area contributed by atoms with E-state index in [0.717, 1.165) is 43.4 Å². The van der Waals surface area contributed by atoms with Crippen molar-refractivity contribution in [1.29, 1.82) is 0 Å². The largest absolute Gasteiger partial charge is 0.458 e. The Morgan fingerprint density at radius 1 is 0.778 bits per heavy atom. The van der Waals surface area contributed by atoms with Crippen LogP contribution >= 0.6 is 0 Å². The minimum absolute atomic E-state index is 0.0520. The number of carbonyl (C=O) groups excluding carboxylic acids is 2. The Bertz CT molecular complexity index is 1310. The number of fused-ring (bicyclic) bond motifs is 5. The first-order valence-corrected chi connectivity index (χ1v) is 18.1. The van der Waals surface area contributed by atoms with Crippen molar-refractivity contribution in [3.8, 4) is 5.75 Å². The Hall–Kier alpha value is -2.62. The van der Waals surface area contributed by atoms with Gasteiger partial charge in [-0.3, -0.25) is 4.79 Å². The van der Waals surface area contributed by atoms with Crippen molar-refractivity contribution >= 4 is 11.9 Å². The van der Waals surface area contributed by atoms with Crippen LogP contribution in [0.5, 0.6) is 5.75 Å². The molecule has 10 unspecified atom stereocenters. The third kappa shape index (κ3) is 6.37. The van der Waals surface area contributed by atoms with Crippen molar-refractivity contribution in [2.24, 2.45) is 58.2 Å². The average Bonchev–Trinajstić information content (AvgIpc) is 3.39. The van der Waals surface area contributed by atoms with Crippen LogP contribution in [-0.4, -0.2) is 18.0 Å². The summed E-state index contributed by atoms with van der Waals surface area (Å²) < 4.78 is 12.4. The molecule has 6 rings (SSSR count). The van der Waals surface area contributed by atoms with E-state index < -0.39 is 0 Å². The fourth-order valence-electron chi connectivity index (χ4n) is 11.1. The Labute approximate surface area is 272 Å². The fourth-order valence-corrected chi connectivity index (χ4v) is 11.1. The monoisotopic (exact) mass is 612 g/mol. The van der Waals surface area contributed by atoms with Crippen LogP contribution in [0, 0.1) is 58.2 Å². The van der Waals surface area contributed by atoms with Gasteiger partial charge in [-0.25, -0.2) is 4.79 Å². The zero-order valence-corrected chi connectivity index (χ0v) is 28.4. The number of benzene rings is 2. The molecule has 4 saturated carbocycles. The Morgan fingerprint density at radius 2 is 1.44 bits per heavy atom. The third-order valence-electron chi connectivity index (χ3n) is 13.4. The van der Waals surface area contributed by atoms with Crippen molar-refractivity contribution in [3.63, 3.8) is 0 Å². The SMILES string of the molecule is CC(C)CCCC(C)C1CCC2C3CC(OC(=O)c4ccccc4)C4CC(C(=O)Oc5ccccc5)CCC4(C)C3CCC12C. The lowest BCUT2D eigenvalue weighted by atomic mass is 9.43. The first-order valence-electron chi connectivity index (χ1n) is 18.1. The molecule has 0 saturated heterocycles. The maximum Gasteiger partial charge on any atom is 0.338 e. The minimum atomic E-state index is -0.225. The zero-order valence-electron chi connectivity index (χ0n) is 28.4. The number of rotatable bonds is 9. The van der Waals surface area contributed by atoms with Crippen LogP contribution in [0.15, 0.2) is 60.7 Å². The lowest BCUT2D eigenvalue weighted by Gasteiger charge is -2.62. The van der Waals surface area contributed by atoms with Crippen LogP contribution in [0.4, 0.5) is 0 Å². The second kappa shape index (κ2) is 13.2. The van der Waals surface area contributed by atoms with Gasteiger partial charge in [0.05, 0.1) is 11.5 Å². The summed E-state index contributed by atoms with van der Waals surface area (Å²) in [5.74, 6) is 4.43. The van der Waals surface area contributed by atoms with E-state index in [9.17, 15) is 9.59 Å². The normalized spacial score (nSPS) is 36.4. The third-order valence-corrected chi connectivity index (χ3v) is 13.4. The number of hydrogen-bond acceptors (Lipinski definition) is 4. The molecule has 4 aliphatic rings. The summed E-state index contributed by atoms with van der Waals surface area (Å²) in [6, 6.07) is 18.9. The molecule has 0 spiro atoms. The molecule has 0 aromatic heterocycles. The molecule has 0 aliphatic heterocycles. The average molecular weight is 613 g/mol. The maximum absolute atomic E-state index is 13.6. The molecule has 244 valence electrons.